The van der Waals surface area contributed by atoms with Crippen molar-refractivity contribution in [1.82, 2.24) is 4.90 Å². The summed E-state index contributed by atoms with van der Waals surface area (Å²) in [4.78, 5) is 15.0. The van der Waals surface area contributed by atoms with Gasteiger partial charge < -0.3 is 14.4 Å². The van der Waals surface area contributed by atoms with Gasteiger partial charge in [0, 0.05) is 18.2 Å². The summed E-state index contributed by atoms with van der Waals surface area (Å²) in [5.74, 6) is 2.51. The largest absolute Gasteiger partial charge is 0.497 e. The highest BCUT2D eigenvalue weighted by molar-refractivity contribution is 5.94. The average Bonchev–Trinajstić information content (AvgIpc) is 3.51. The molecule has 0 saturated heterocycles. The van der Waals surface area contributed by atoms with E-state index in [0.717, 1.165) is 42.4 Å². The zero-order valence-electron chi connectivity index (χ0n) is 15.9. The van der Waals surface area contributed by atoms with Gasteiger partial charge >= 0.3 is 0 Å². The van der Waals surface area contributed by atoms with Crippen LogP contribution in [0.5, 0.6) is 11.5 Å². The molecule has 1 amide bonds. The van der Waals surface area contributed by atoms with Crippen molar-refractivity contribution in [3.05, 3.63) is 59.7 Å². The zero-order chi connectivity index (χ0) is 18.6. The highest BCUT2D eigenvalue weighted by Gasteiger charge is 2.33. The Bertz CT molecular complexity index is 761. The fourth-order valence-electron chi connectivity index (χ4n) is 3.41. The Kier molecular flexibility index (Phi) is 5.33. The van der Waals surface area contributed by atoms with Crippen molar-refractivity contribution in [3.63, 3.8) is 0 Å². The van der Waals surface area contributed by atoms with Gasteiger partial charge in [0.05, 0.1) is 13.7 Å². The fourth-order valence-corrected chi connectivity index (χ4v) is 3.41. The molecule has 0 heterocycles. The van der Waals surface area contributed by atoms with Gasteiger partial charge in [-0.15, -0.1) is 0 Å². The predicted octanol–water partition coefficient (Wildman–Crippen LogP) is 4.68. The summed E-state index contributed by atoms with van der Waals surface area (Å²) >= 11 is 0. The summed E-state index contributed by atoms with van der Waals surface area (Å²) < 4.78 is 11.1. The van der Waals surface area contributed by atoms with E-state index in [0.29, 0.717) is 18.2 Å². The third-order valence-corrected chi connectivity index (χ3v) is 5.57. The van der Waals surface area contributed by atoms with Gasteiger partial charge in [-0.3, -0.25) is 4.79 Å². The molecule has 0 aromatic heterocycles. The van der Waals surface area contributed by atoms with Crippen LogP contribution in [0.15, 0.2) is 48.5 Å². The van der Waals surface area contributed by atoms with Crippen molar-refractivity contribution in [2.45, 2.75) is 44.7 Å². The smallest absolute Gasteiger partial charge is 0.254 e. The van der Waals surface area contributed by atoms with Gasteiger partial charge in [-0.25, -0.2) is 0 Å². The van der Waals surface area contributed by atoms with Crippen LogP contribution in [0, 0.1) is 5.92 Å². The molecular weight excluding hydrogens is 338 g/mol. The quantitative estimate of drug-likeness (QED) is 0.682. The second kappa shape index (κ2) is 8.03. The molecule has 2 aromatic rings. The zero-order valence-corrected chi connectivity index (χ0v) is 15.9. The first-order chi connectivity index (χ1) is 13.2. The third-order valence-electron chi connectivity index (χ3n) is 5.57. The van der Waals surface area contributed by atoms with E-state index in [1.165, 1.54) is 19.3 Å². The molecule has 2 aliphatic rings. The van der Waals surface area contributed by atoms with Crippen LogP contribution in [0.4, 0.5) is 0 Å². The second-order valence-corrected chi connectivity index (χ2v) is 7.64. The molecule has 0 aliphatic heterocycles. The second-order valence-electron chi connectivity index (χ2n) is 7.64. The Morgan fingerprint density at radius 2 is 1.63 bits per heavy atom. The van der Waals surface area contributed by atoms with Crippen molar-refractivity contribution in [1.29, 1.82) is 0 Å². The molecule has 0 atom stereocenters. The number of hydrogen-bond acceptors (Lipinski definition) is 3. The van der Waals surface area contributed by atoms with E-state index in [2.05, 4.69) is 12.1 Å². The minimum Gasteiger partial charge on any atom is -0.497 e. The molecule has 4 rings (SSSR count). The summed E-state index contributed by atoms with van der Waals surface area (Å²) in [5, 5.41) is 0. The van der Waals surface area contributed by atoms with Gasteiger partial charge in [0.15, 0.2) is 0 Å². The SMILES string of the molecule is COc1ccc(C(=O)N(Cc2ccc(OCC3CCC3)cc2)C2CC2)cc1. The summed E-state index contributed by atoms with van der Waals surface area (Å²) in [6.45, 7) is 1.46. The van der Waals surface area contributed by atoms with E-state index in [1.54, 1.807) is 7.11 Å². The fraction of sp³-hybridized carbons (Fsp3) is 0.435. The number of benzene rings is 2. The molecule has 4 nitrogen and oxygen atoms in total. The van der Waals surface area contributed by atoms with Crippen molar-refractivity contribution in [2.75, 3.05) is 13.7 Å². The number of rotatable bonds is 8. The van der Waals surface area contributed by atoms with Gasteiger partial charge in [-0.1, -0.05) is 18.6 Å². The summed E-state index contributed by atoms with van der Waals surface area (Å²) in [7, 11) is 1.63. The summed E-state index contributed by atoms with van der Waals surface area (Å²) in [5.41, 5.74) is 1.85. The van der Waals surface area contributed by atoms with Gasteiger partial charge in [-0.2, -0.15) is 0 Å². The van der Waals surface area contributed by atoms with Gasteiger partial charge in [0.25, 0.3) is 5.91 Å². The lowest BCUT2D eigenvalue weighted by atomic mass is 9.86. The third kappa shape index (κ3) is 4.44. The van der Waals surface area contributed by atoms with E-state index < -0.39 is 0 Å². The van der Waals surface area contributed by atoms with Crippen LogP contribution in [0.1, 0.15) is 48.0 Å². The first kappa shape index (κ1) is 17.9. The summed E-state index contributed by atoms with van der Waals surface area (Å²) in [6.07, 6.45) is 6.10. The number of amides is 1. The molecule has 0 unspecified atom stereocenters. The molecule has 2 saturated carbocycles. The van der Waals surface area contributed by atoms with Crippen molar-refractivity contribution >= 4 is 5.91 Å². The van der Waals surface area contributed by atoms with Crippen LogP contribution in [-0.4, -0.2) is 30.6 Å². The van der Waals surface area contributed by atoms with Crippen LogP contribution in [0.2, 0.25) is 0 Å². The number of nitrogens with zero attached hydrogens (tertiary/aromatic N) is 1. The Morgan fingerprint density at radius 3 is 2.19 bits per heavy atom. The lowest BCUT2D eigenvalue weighted by molar-refractivity contribution is 0.0730. The maximum atomic E-state index is 13.0. The van der Waals surface area contributed by atoms with Gasteiger partial charge in [-0.05, 0) is 73.6 Å². The molecule has 27 heavy (non-hydrogen) atoms. The molecule has 0 spiro atoms. The van der Waals surface area contributed by atoms with Gasteiger partial charge in [0.2, 0.25) is 0 Å². The lowest BCUT2D eigenvalue weighted by Gasteiger charge is -2.25. The molecule has 0 N–H and O–H groups in total. The number of hydrogen-bond donors (Lipinski definition) is 0. The molecule has 142 valence electrons. The van der Waals surface area contributed by atoms with Crippen LogP contribution in [-0.2, 0) is 6.54 Å². The molecule has 0 bridgehead atoms. The molecule has 2 fully saturated rings. The average molecular weight is 365 g/mol. The van der Waals surface area contributed by atoms with Crippen LogP contribution in [0.25, 0.3) is 0 Å². The van der Waals surface area contributed by atoms with Crippen molar-refractivity contribution in [2.24, 2.45) is 5.92 Å². The first-order valence-electron chi connectivity index (χ1n) is 9.89. The van der Waals surface area contributed by atoms with E-state index >= 15 is 0 Å². The standard InChI is InChI=1S/C23H27NO3/c1-26-21-13-7-19(8-14-21)23(25)24(20-9-10-20)15-17-5-11-22(12-6-17)27-16-18-3-2-4-18/h5-8,11-14,18,20H,2-4,9-10,15-16H2,1H3. The monoisotopic (exact) mass is 365 g/mol. The molecule has 2 aliphatic carbocycles. The highest BCUT2D eigenvalue weighted by atomic mass is 16.5. The van der Waals surface area contributed by atoms with Gasteiger partial charge in [0.1, 0.15) is 11.5 Å². The number of ether oxygens (including phenoxy) is 2. The first-order valence-corrected chi connectivity index (χ1v) is 9.89. The molecule has 4 heteroatoms. The Morgan fingerprint density at radius 1 is 0.963 bits per heavy atom. The Hall–Kier alpha value is -2.49. The molecule has 0 radical (unpaired) electrons. The van der Waals surface area contributed by atoms with Crippen molar-refractivity contribution < 1.29 is 14.3 Å². The Labute approximate surface area is 161 Å². The van der Waals surface area contributed by atoms with Crippen LogP contribution >= 0.6 is 0 Å². The minimum absolute atomic E-state index is 0.0884. The van der Waals surface area contributed by atoms with E-state index in [9.17, 15) is 4.79 Å². The maximum absolute atomic E-state index is 13.0. The van der Waals surface area contributed by atoms with Crippen molar-refractivity contribution in [3.8, 4) is 11.5 Å². The maximum Gasteiger partial charge on any atom is 0.254 e. The number of carbonyl (C=O) groups is 1. The van der Waals surface area contributed by atoms with Crippen LogP contribution < -0.4 is 9.47 Å². The van der Waals surface area contributed by atoms with E-state index in [1.807, 2.05) is 41.3 Å². The minimum atomic E-state index is 0.0884. The topological polar surface area (TPSA) is 38.8 Å². The number of carbonyl (C=O) groups excluding carboxylic acids is 1. The van der Waals surface area contributed by atoms with E-state index in [-0.39, 0.29) is 5.91 Å². The predicted molar refractivity (Wildman–Crippen MR) is 105 cm³/mol. The normalized spacial score (nSPS) is 16.5. The lowest BCUT2D eigenvalue weighted by Crippen LogP contribution is -2.32. The number of methoxy groups -OCH3 is 1. The highest BCUT2D eigenvalue weighted by Crippen LogP contribution is 2.31. The van der Waals surface area contributed by atoms with Crippen LogP contribution in [0.3, 0.4) is 0 Å². The Balaban J connectivity index is 1.39. The molecular formula is C23H27NO3. The summed E-state index contributed by atoms with van der Waals surface area (Å²) in [6, 6.07) is 15.9. The molecule has 2 aromatic carbocycles. The van der Waals surface area contributed by atoms with E-state index in [4.69, 9.17) is 9.47 Å².